The average molecular weight is 252 g/mol. The Morgan fingerprint density at radius 1 is 1.00 bits per heavy atom. The molecule has 0 atom stereocenters. The maximum Gasteiger partial charge on any atom is 0.394 e. The molecule has 0 unspecified atom stereocenters. The summed E-state index contributed by atoms with van der Waals surface area (Å²) in [5.41, 5.74) is 0. The molecule has 16 heavy (non-hydrogen) atoms. The summed E-state index contributed by atoms with van der Waals surface area (Å²) in [5, 5.41) is 0. The molecule has 0 aliphatic carbocycles. The number of allylic oxidation sites excluding steroid dienone is 1. The molecule has 98 valence electrons. The van der Waals surface area contributed by atoms with Crippen LogP contribution in [0.2, 0.25) is 0 Å². The van der Waals surface area contributed by atoms with Gasteiger partial charge in [-0.3, -0.25) is 9.11 Å². The first-order valence-corrected chi connectivity index (χ1v) is 7.12. The maximum atomic E-state index is 8.74. The van der Waals surface area contributed by atoms with Gasteiger partial charge in [0.25, 0.3) is 0 Å². The molecular weight excluding hydrogens is 228 g/mol. The number of hydrogen-bond donors (Lipinski definition) is 2. The normalized spacial score (nSPS) is 10.4. The summed E-state index contributed by atoms with van der Waals surface area (Å²) in [6.07, 6.45) is 13.0. The molecule has 0 amide bonds. The van der Waals surface area contributed by atoms with Gasteiger partial charge in [0.1, 0.15) is 0 Å². The van der Waals surface area contributed by atoms with Gasteiger partial charge < -0.3 is 0 Å². The second-order valence-electron chi connectivity index (χ2n) is 3.65. The lowest BCUT2D eigenvalue weighted by Crippen LogP contribution is -1.89. The topological polar surface area (TPSA) is 74.6 Å². The molecule has 0 aromatic heterocycles. The molecule has 0 aliphatic rings. The van der Waals surface area contributed by atoms with Gasteiger partial charge in [0.2, 0.25) is 0 Å². The van der Waals surface area contributed by atoms with Crippen molar-refractivity contribution in [3.63, 3.8) is 0 Å². The van der Waals surface area contributed by atoms with Crippen molar-refractivity contribution in [2.24, 2.45) is 0 Å². The first-order chi connectivity index (χ1) is 7.41. The van der Waals surface area contributed by atoms with Crippen LogP contribution in [0.4, 0.5) is 0 Å². The number of rotatable bonds is 8. The molecular formula is C11H24O4S. The molecule has 0 radical (unpaired) electrons. The van der Waals surface area contributed by atoms with E-state index in [1.54, 1.807) is 0 Å². The van der Waals surface area contributed by atoms with Crippen molar-refractivity contribution in [1.29, 1.82) is 0 Å². The Morgan fingerprint density at radius 2 is 1.38 bits per heavy atom. The fourth-order valence-corrected chi connectivity index (χ4v) is 1.25. The molecule has 0 aromatic rings. The fraction of sp³-hybridized carbons (Fsp3) is 0.818. The van der Waals surface area contributed by atoms with Crippen molar-refractivity contribution >= 4 is 10.4 Å². The van der Waals surface area contributed by atoms with Gasteiger partial charge in [-0.15, -0.1) is 6.58 Å². The van der Waals surface area contributed by atoms with Gasteiger partial charge in [-0.2, -0.15) is 8.42 Å². The summed E-state index contributed by atoms with van der Waals surface area (Å²) in [7, 11) is -4.67. The lowest BCUT2D eigenvalue weighted by Gasteiger charge is -1.98. The summed E-state index contributed by atoms with van der Waals surface area (Å²) < 4.78 is 31.6. The molecule has 2 N–H and O–H groups in total. The molecule has 0 aliphatic heterocycles. The van der Waals surface area contributed by atoms with E-state index in [0.717, 1.165) is 0 Å². The molecule has 0 heterocycles. The smallest absolute Gasteiger partial charge is 0.264 e. The van der Waals surface area contributed by atoms with E-state index >= 15 is 0 Å². The molecule has 0 saturated heterocycles. The highest BCUT2D eigenvalue weighted by Crippen LogP contribution is 2.07. The van der Waals surface area contributed by atoms with Crippen LogP contribution in [0.3, 0.4) is 0 Å². The molecule has 0 spiro atoms. The highest BCUT2D eigenvalue weighted by Gasteiger charge is 1.88. The predicted molar refractivity (Wildman–Crippen MR) is 67.0 cm³/mol. The Labute approximate surface area is 99.3 Å². The quantitative estimate of drug-likeness (QED) is 0.393. The summed E-state index contributed by atoms with van der Waals surface area (Å²) >= 11 is 0. The third-order valence-electron chi connectivity index (χ3n) is 2.01. The highest BCUT2D eigenvalue weighted by atomic mass is 32.3. The van der Waals surface area contributed by atoms with E-state index in [2.05, 4.69) is 13.5 Å². The Morgan fingerprint density at radius 3 is 1.75 bits per heavy atom. The Bertz CT molecular complexity index is 226. The van der Waals surface area contributed by atoms with Crippen LogP contribution in [0.15, 0.2) is 12.7 Å². The van der Waals surface area contributed by atoms with E-state index in [1.807, 2.05) is 6.08 Å². The van der Waals surface area contributed by atoms with Crippen LogP contribution in [-0.2, 0) is 10.4 Å². The van der Waals surface area contributed by atoms with E-state index in [4.69, 9.17) is 17.5 Å². The Kier molecular flexibility index (Phi) is 14.3. The Balaban J connectivity index is 0. The minimum Gasteiger partial charge on any atom is -0.264 e. The lowest BCUT2D eigenvalue weighted by molar-refractivity contribution is 0.381. The molecule has 0 aromatic carbocycles. The van der Waals surface area contributed by atoms with Gasteiger partial charge in [0, 0.05) is 0 Å². The van der Waals surface area contributed by atoms with Gasteiger partial charge in [-0.1, -0.05) is 51.5 Å². The summed E-state index contributed by atoms with van der Waals surface area (Å²) in [4.78, 5) is 0. The average Bonchev–Trinajstić information content (AvgIpc) is 2.14. The van der Waals surface area contributed by atoms with Gasteiger partial charge in [0.15, 0.2) is 0 Å². The zero-order chi connectivity index (χ0) is 12.9. The molecule has 0 bridgehead atoms. The minimum atomic E-state index is -4.67. The van der Waals surface area contributed by atoms with Crippen molar-refractivity contribution in [3.8, 4) is 0 Å². The zero-order valence-corrected chi connectivity index (χ0v) is 10.9. The van der Waals surface area contributed by atoms with Crippen LogP contribution in [0, 0.1) is 0 Å². The minimum absolute atomic E-state index is 1.20. The van der Waals surface area contributed by atoms with E-state index in [9.17, 15) is 0 Å². The number of unbranched alkanes of at least 4 members (excludes halogenated alkanes) is 7. The lowest BCUT2D eigenvalue weighted by atomic mass is 10.1. The third kappa shape index (κ3) is 37.4. The van der Waals surface area contributed by atoms with Gasteiger partial charge in [-0.25, -0.2) is 0 Å². The van der Waals surface area contributed by atoms with E-state index in [1.165, 1.54) is 51.4 Å². The van der Waals surface area contributed by atoms with E-state index in [-0.39, 0.29) is 0 Å². The first-order valence-electron chi connectivity index (χ1n) is 5.72. The monoisotopic (exact) mass is 252 g/mol. The highest BCUT2D eigenvalue weighted by molar-refractivity contribution is 7.79. The predicted octanol–water partition coefficient (Wildman–Crippen LogP) is 3.66. The van der Waals surface area contributed by atoms with Gasteiger partial charge in [0.05, 0.1) is 0 Å². The fourth-order valence-electron chi connectivity index (χ4n) is 1.25. The van der Waals surface area contributed by atoms with Crippen LogP contribution in [0.1, 0.15) is 58.3 Å². The largest absolute Gasteiger partial charge is 0.394 e. The van der Waals surface area contributed by atoms with Crippen molar-refractivity contribution in [1.82, 2.24) is 0 Å². The summed E-state index contributed by atoms with van der Waals surface area (Å²) in [5.74, 6) is 0. The Hall–Kier alpha value is -0.390. The standard InChI is InChI=1S/C11H22.H2O4S/c1-3-5-7-9-11-10-8-6-4-2;1-5(2,3)4/h3H,1,4-11H2,2H3;(H2,1,2,3,4). The second-order valence-corrected chi connectivity index (χ2v) is 4.54. The molecule has 0 rings (SSSR count). The van der Waals surface area contributed by atoms with Crippen molar-refractivity contribution < 1.29 is 17.5 Å². The van der Waals surface area contributed by atoms with Crippen LogP contribution in [-0.4, -0.2) is 17.5 Å². The maximum absolute atomic E-state index is 8.74. The van der Waals surface area contributed by atoms with Crippen molar-refractivity contribution in [2.75, 3.05) is 0 Å². The van der Waals surface area contributed by atoms with Crippen LogP contribution in [0.5, 0.6) is 0 Å². The zero-order valence-electron chi connectivity index (χ0n) is 10.1. The summed E-state index contributed by atoms with van der Waals surface area (Å²) in [6, 6.07) is 0. The van der Waals surface area contributed by atoms with Gasteiger partial charge >= 0.3 is 10.4 Å². The van der Waals surface area contributed by atoms with Crippen molar-refractivity contribution in [2.45, 2.75) is 58.3 Å². The molecule has 5 heteroatoms. The van der Waals surface area contributed by atoms with Crippen molar-refractivity contribution in [3.05, 3.63) is 12.7 Å². The molecule has 4 nitrogen and oxygen atoms in total. The second kappa shape index (κ2) is 12.7. The SMILES string of the molecule is C=CCCCCCCCCC.O=S(=O)(O)O. The van der Waals surface area contributed by atoms with Crippen LogP contribution >= 0.6 is 0 Å². The summed E-state index contributed by atoms with van der Waals surface area (Å²) in [6.45, 7) is 5.97. The van der Waals surface area contributed by atoms with Gasteiger partial charge in [-0.05, 0) is 12.8 Å². The van der Waals surface area contributed by atoms with E-state index < -0.39 is 10.4 Å². The third-order valence-corrected chi connectivity index (χ3v) is 2.01. The first kappa shape index (κ1) is 18.0. The van der Waals surface area contributed by atoms with Crippen LogP contribution < -0.4 is 0 Å². The van der Waals surface area contributed by atoms with E-state index in [0.29, 0.717) is 0 Å². The molecule has 0 fully saturated rings. The molecule has 0 saturated carbocycles. The number of hydrogen-bond acceptors (Lipinski definition) is 2. The van der Waals surface area contributed by atoms with Crippen LogP contribution in [0.25, 0.3) is 0 Å².